The molecule has 1 amide bonds. The average Bonchev–Trinajstić information content (AvgIpc) is 2.72. The first kappa shape index (κ1) is 13.5. The predicted octanol–water partition coefficient (Wildman–Crippen LogP) is 3.41. The first-order valence-electron chi connectivity index (χ1n) is 7.01. The van der Waals surface area contributed by atoms with Gasteiger partial charge in [-0.1, -0.05) is 18.2 Å². The van der Waals surface area contributed by atoms with E-state index >= 15 is 0 Å². The molecule has 0 saturated carbocycles. The fourth-order valence-corrected chi connectivity index (χ4v) is 2.27. The lowest BCUT2D eigenvalue weighted by atomic mass is 10.1. The van der Waals surface area contributed by atoms with Gasteiger partial charge in [0, 0.05) is 17.7 Å². The molecule has 0 unspecified atom stereocenters. The van der Waals surface area contributed by atoms with E-state index in [1.165, 1.54) is 0 Å². The average molecular weight is 283 g/mol. The van der Waals surface area contributed by atoms with Crippen molar-refractivity contribution < 1.29 is 14.3 Å². The van der Waals surface area contributed by atoms with Gasteiger partial charge in [0.15, 0.2) is 11.5 Å². The van der Waals surface area contributed by atoms with Crippen LogP contribution >= 0.6 is 0 Å². The van der Waals surface area contributed by atoms with Crippen LogP contribution in [-0.4, -0.2) is 19.1 Å². The monoisotopic (exact) mass is 283 g/mol. The second-order valence-corrected chi connectivity index (χ2v) is 4.98. The Morgan fingerprint density at radius 2 is 1.71 bits per heavy atom. The Kier molecular flexibility index (Phi) is 3.77. The van der Waals surface area contributed by atoms with Gasteiger partial charge in [-0.25, -0.2) is 0 Å². The molecule has 4 nitrogen and oxygen atoms in total. The van der Waals surface area contributed by atoms with Crippen molar-refractivity contribution in [1.82, 2.24) is 0 Å². The standard InChI is InChI=1S/C17H17NO3/c1-12-10-15-16(21-9-5-8-20-15)11-14(12)17(19)18-13-6-3-2-4-7-13/h2-4,6-7,10-11H,5,8-9H2,1H3,(H,18,19). The fourth-order valence-electron chi connectivity index (χ4n) is 2.27. The first-order valence-corrected chi connectivity index (χ1v) is 7.01. The Morgan fingerprint density at radius 3 is 2.43 bits per heavy atom. The molecule has 1 aliphatic heterocycles. The third-order valence-electron chi connectivity index (χ3n) is 3.37. The summed E-state index contributed by atoms with van der Waals surface area (Å²) in [7, 11) is 0. The molecule has 4 heteroatoms. The zero-order valence-corrected chi connectivity index (χ0v) is 11.9. The summed E-state index contributed by atoms with van der Waals surface area (Å²) in [5.74, 6) is 1.20. The number of para-hydroxylation sites is 1. The van der Waals surface area contributed by atoms with Crippen LogP contribution in [0.4, 0.5) is 5.69 Å². The number of anilines is 1. The number of rotatable bonds is 2. The summed E-state index contributed by atoms with van der Waals surface area (Å²) >= 11 is 0. The number of hydrogen-bond acceptors (Lipinski definition) is 3. The van der Waals surface area contributed by atoms with E-state index in [9.17, 15) is 4.79 Å². The van der Waals surface area contributed by atoms with Crippen LogP contribution in [0, 0.1) is 6.92 Å². The van der Waals surface area contributed by atoms with Crippen LogP contribution in [0.15, 0.2) is 42.5 Å². The Balaban J connectivity index is 1.88. The van der Waals surface area contributed by atoms with Gasteiger partial charge in [-0.2, -0.15) is 0 Å². The number of carbonyl (C=O) groups excluding carboxylic acids is 1. The maximum atomic E-state index is 12.4. The number of fused-ring (bicyclic) bond motifs is 1. The molecule has 0 fully saturated rings. The molecule has 0 saturated heterocycles. The van der Waals surface area contributed by atoms with Crippen LogP contribution in [0.5, 0.6) is 11.5 Å². The number of carbonyl (C=O) groups is 1. The molecule has 1 aliphatic rings. The molecule has 108 valence electrons. The van der Waals surface area contributed by atoms with Gasteiger partial charge < -0.3 is 14.8 Å². The molecule has 2 aromatic carbocycles. The van der Waals surface area contributed by atoms with Crippen molar-refractivity contribution in [3.05, 3.63) is 53.6 Å². The maximum absolute atomic E-state index is 12.4. The van der Waals surface area contributed by atoms with Gasteiger partial charge in [-0.15, -0.1) is 0 Å². The third kappa shape index (κ3) is 2.99. The van der Waals surface area contributed by atoms with Gasteiger partial charge in [0.2, 0.25) is 0 Å². The molecule has 0 aromatic heterocycles. The summed E-state index contributed by atoms with van der Waals surface area (Å²) in [5, 5.41) is 2.89. The van der Waals surface area contributed by atoms with E-state index in [1.54, 1.807) is 6.07 Å². The van der Waals surface area contributed by atoms with Gasteiger partial charge in [-0.05, 0) is 36.8 Å². The molecule has 0 atom stereocenters. The van der Waals surface area contributed by atoms with Crippen molar-refractivity contribution in [2.75, 3.05) is 18.5 Å². The summed E-state index contributed by atoms with van der Waals surface area (Å²) in [6.07, 6.45) is 0.847. The molecule has 1 N–H and O–H groups in total. The summed E-state index contributed by atoms with van der Waals surface area (Å²) in [4.78, 5) is 12.4. The molecular formula is C17H17NO3. The van der Waals surface area contributed by atoms with E-state index in [1.807, 2.05) is 43.3 Å². The quantitative estimate of drug-likeness (QED) is 0.918. The lowest BCUT2D eigenvalue weighted by Gasteiger charge is -2.12. The summed E-state index contributed by atoms with van der Waals surface area (Å²) in [6, 6.07) is 13.0. The van der Waals surface area contributed by atoms with E-state index in [2.05, 4.69) is 5.32 Å². The molecule has 21 heavy (non-hydrogen) atoms. The zero-order chi connectivity index (χ0) is 14.7. The number of hydrogen-bond donors (Lipinski definition) is 1. The van der Waals surface area contributed by atoms with Gasteiger partial charge in [0.1, 0.15) is 0 Å². The second-order valence-electron chi connectivity index (χ2n) is 4.98. The summed E-state index contributed by atoms with van der Waals surface area (Å²) in [6.45, 7) is 3.15. The minimum absolute atomic E-state index is 0.144. The smallest absolute Gasteiger partial charge is 0.256 e. The lowest BCUT2D eigenvalue weighted by molar-refractivity contribution is 0.102. The first-order chi connectivity index (χ1) is 10.2. The molecule has 2 aromatic rings. The molecule has 0 radical (unpaired) electrons. The van der Waals surface area contributed by atoms with Gasteiger partial charge in [0.05, 0.1) is 13.2 Å². The summed E-state index contributed by atoms with van der Waals surface area (Å²) < 4.78 is 11.3. The van der Waals surface area contributed by atoms with Crippen molar-refractivity contribution >= 4 is 11.6 Å². The molecule has 0 spiro atoms. The molecule has 3 rings (SSSR count). The van der Waals surface area contributed by atoms with Gasteiger partial charge in [0.25, 0.3) is 5.91 Å². The van der Waals surface area contributed by atoms with Gasteiger partial charge >= 0.3 is 0 Å². The lowest BCUT2D eigenvalue weighted by Crippen LogP contribution is -2.13. The van der Waals surface area contributed by atoms with Crippen LogP contribution in [0.1, 0.15) is 22.3 Å². The van der Waals surface area contributed by atoms with Crippen LogP contribution in [0.3, 0.4) is 0 Å². The largest absolute Gasteiger partial charge is 0.490 e. The normalized spacial score (nSPS) is 13.4. The Hall–Kier alpha value is -2.49. The number of nitrogens with one attached hydrogen (secondary N) is 1. The molecular weight excluding hydrogens is 266 g/mol. The predicted molar refractivity (Wildman–Crippen MR) is 81.2 cm³/mol. The van der Waals surface area contributed by atoms with Crippen LogP contribution in [0.2, 0.25) is 0 Å². The van der Waals surface area contributed by atoms with Crippen molar-refractivity contribution in [2.24, 2.45) is 0 Å². The number of aryl methyl sites for hydroxylation is 1. The van der Waals surface area contributed by atoms with E-state index in [0.717, 1.165) is 17.7 Å². The summed E-state index contributed by atoms with van der Waals surface area (Å²) in [5.41, 5.74) is 2.24. The Morgan fingerprint density at radius 1 is 1.05 bits per heavy atom. The van der Waals surface area contributed by atoms with Crippen molar-refractivity contribution in [3.63, 3.8) is 0 Å². The molecule has 1 heterocycles. The zero-order valence-electron chi connectivity index (χ0n) is 11.9. The highest BCUT2D eigenvalue weighted by Crippen LogP contribution is 2.32. The van der Waals surface area contributed by atoms with Crippen molar-refractivity contribution in [1.29, 1.82) is 0 Å². The SMILES string of the molecule is Cc1cc2c(cc1C(=O)Nc1ccccc1)OCCCO2. The number of amides is 1. The highest BCUT2D eigenvalue weighted by Gasteiger charge is 2.17. The highest BCUT2D eigenvalue weighted by molar-refractivity contribution is 6.05. The van der Waals surface area contributed by atoms with Crippen LogP contribution in [0.25, 0.3) is 0 Å². The Bertz CT molecular complexity index is 653. The third-order valence-corrected chi connectivity index (χ3v) is 3.37. The highest BCUT2D eigenvalue weighted by atomic mass is 16.5. The molecule has 0 bridgehead atoms. The maximum Gasteiger partial charge on any atom is 0.256 e. The van der Waals surface area contributed by atoms with E-state index in [4.69, 9.17) is 9.47 Å². The number of ether oxygens (including phenoxy) is 2. The van der Waals surface area contributed by atoms with E-state index in [-0.39, 0.29) is 5.91 Å². The fraction of sp³-hybridized carbons (Fsp3) is 0.235. The van der Waals surface area contributed by atoms with Gasteiger partial charge in [-0.3, -0.25) is 4.79 Å². The minimum Gasteiger partial charge on any atom is -0.490 e. The minimum atomic E-state index is -0.144. The van der Waals surface area contributed by atoms with E-state index in [0.29, 0.717) is 30.3 Å². The second kappa shape index (κ2) is 5.87. The topological polar surface area (TPSA) is 47.6 Å². The van der Waals surface area contributed by atoms with E-state index < -0.39 is 0 Å². The van der Waals surface area contributed by atoms with Crippen molar-refractivity contribution in [2.45, 2.75) is 13.3 Å². The van der Waals surface area contributed by atoms with Crippen LogP contribution in [-0.2, 0) is 0 Å². The molecule has 0 aliphatic carbocycles. The Labute approximate surface area is 123 Å². The number of benzene rings is 2. The van der Waals surface area contributed by atoms with Crippen LogP contribution < -0.4 is 14.8 Å². The van der Waals surface area contributed by atoms with Crippen molar-refractivity contribution in [3.8, 4) is 11.5 Å².